The van der Waals surface area contributed by atoms with E-state index in [-0.39, 0.29) is 23.5 Å². The Morgan fingerprint density at radius 3 is 2.60 bits per heavy atom. The molecular formula is C19H26N2O4. The Morgan fingerprint density at radius 2 is 1.92 bits per heavy atom. The average Bonchev–Trinajstić information content (AvgIpc) is 3.05. The van der Waals surface area contributed by atoms with Crippen molar-refractivity contribution in [1.82, 2.24) is 10.2 Å². The maximum atomic E-state index is 12.2. The molecule has 6 nitrogen and oxygen atoms in total. The van der Waals surface area contributed by atoms with Gasteiger partial charge >= 0.3 is 12.1 Å². The first-order valence-corrected chi connectivity index (χ1v) is 8.97. The smallest absolute Gasteiger partial charge is 0.410 e. The molecule has 1 atom stereocenters. The van der Waals surface area contributed by atoms with Gasteiger partial charge in [-0.3, -0.25) is 4.79 Å². The minimum absolute atomic E-state index is 0.0909. The number of carbonyl (C=O) groups excluding carboxylic acids is 2. The molecule has 2 aliphatic rings. The fourth-order valence-corrected chi connectivity index (χ4v) is 3.68. The van der Waals surface area contributed by atoms with Crippen LogP contribution in [0, 0.1) is 5.41 Å². The summed E-state index contributed by atoms with van der Waals surface area (Å²) in [5.74, 6) is -0.163. The highest BCUT2D eigenvalue weighted by Crippen LogP contribution is 2.39. The summed E-state index contributed by atoms with van der Waals surface area (Å²) in [5.41, 5.74) is 1.08. The van der Waals surface area contributed by atoms with Crippen LogP contribution in [0.1, 0.15) is 31.7 Å². The number of carbonyl (C=O) groups is 2. The van der Waals surface area contributed by atoms with Crippen LogP contribution in [0.2, 0.25) is 0 Å². The van der Waals surface area contributed by atoms with Gasteiger partial charge in [0.2, 0.25) is 0 Å². The van der Waals surface area contributed by atoms with Gasteiger partial charge in [-0.1, -0.05) is 30.3 Å². The Balaban J connectivity index is 1.45. The molecule has 0 unspecified atom stereocenters. The van der Waals surface area contributed by atoms with Crippen LogP contribution in [0.25, 0.3) is 0 Å². The molecular weight excluding hydrogens is 320 g/mol. The summed E-state index contributed by atoms with van der Waals surface area (Å²) in [7, 11) is 0. The number of nitrogens with one attached hydrogen (secondary N) is 1. The van der Waals surface area contributed by atoms with Crippen molar-refractivity contribution >= 4 is 12.1 Å². The molecule has 2 aliphatic heterocycles. The maximum absolute atomic E-state index is 12.2. The van der Waals surface area contributed by atoms with Gasteiger partial charge in [-0.2, -0.15) is 0 Å². The second kappa shape index (κ2) is 7.87. The molecule has 1 N–H and O–H groups in total. The van der Waals surface area contributed by atoms with E-state index in [1.165, 1.54) is 0 Å². The SMILES string of the molecule is CCOC(=O)[C@H]1CC2(CCN(C(=O)OCc3ccccc3)CC2)CN1. The molecule has 0 saturated carbocycles. The summed E-state index contributed by atoms with van der Waals surface area (Å²) in [6, 6.07) is 9.48. The Bertz CT molecular complexity index is 597. The van der Waals surface area contributed by atoms with E-state index in [1.54, 1.807) is 4.90 Å². The Kier molecular flexibility index (Phi) is 5.58. The number of hydrogen-bond donors (Lipinski definition) is 1. The summed E-state index contributed by atoms with van der Waals surface area (Å²) in [5, 5.41) is 3.28. The van der Waals surface area contributed by atoms with Crippen LogP contribution >= 0.6 is 0 Å². The zero-order valence-electron chi connectivity index (χ0n) is 14.7. The molecule has 1 aromatic carbocycles. The van der Waals surface area contributed by atoms with E-state index in [0.717, 1.165) is 31.4 Å². The van der Waals surface area contributed by atoms with Crippen molar-refractivity contribution in [2.75, 3.05) is 26.2 Å². The largest absolute Gasteiger partial charge is 0.465 e. The second-order valence-corrected chi connectivity index (χ2v) is 6.92. The molecule has 25 heavy (non-hydrogen) atoms. The lowest BCUT2D eigenvalue weighted by Crippen LogP contribution is -2.44. The third-order valence-corrected chi connectivity index (χ3v) is 5.22. The van der Waals surface area contributed by atoms with Gasteiger partial charge < -0.3 is 19.7 Å². The van der Waals surface area contributed by atoms with Crippen LogP contribution in [-0.2, 0) is 20.9 Å². The highest BCUT2D eigenvalue weighted by Gasteiger charge is 2.44. The third-order valence-electron chi connectivity index (χ3n) is 5.22. The zero-order valence-corrected chi connectivity index (χ0v) is 14.7. The summed E-state index contributed by atoms with van der Waals surface area (Å²) in [6.07, 6.45) is 2.30. The van der Waals surface area contributed by atoms with Gasteiger partial charge in [-0.15, -0.1) is 0 Å². The standard InChI is InChI=1S/C19H26N2O4/c1-2-24-17(22)16-12-19(14-20-16)8-10-21(11-9-19)18(23)25-13-15-6-4-3-5-7-15/h3-7,16,20H,2,8-14H2,1H3/t16-/m1/s1. The number of amides is 1. The van der Waals surface area contributed by atoms with Crippen LogP contribution in [0.3, 0.4) is 0 Å². The first-order chi connectivity index (χ1) is 12.1. The predicted molar refractivity (Wildman–Crippen MR) is 92.9 cm³/mol. The molecule has 1 amide bonds. The quantitative estimate of drug-likeness (QED) is 0.848. The molecule has 1 spiro atoms. The van der Waals surface area contributed by atoms with Crippen molar-refractivity contribution in [3.63, 3.8) is 0 Å². The Hall–Kier alpha value is -2.08. The molecule has 2 fully saturated rings. The van der Waals surface area contributed by atoms with Crippen molar-refractivity contribution in [3.8, 4) is 0 Å². The van der Waals surface area contributed by atoms with E-state index in [0.29, 0.717) is 26.3 Å². The van der Waals surface area contributed by atoms with Crippen LogP contribution in [0.5, 0.6) is 0 Å². The number of ether oxygens (including phenoxy) is 2. The van der Waals surface area contributed by atoms with Crippen LogP contribution in [0.15, 0.2) is 30.3 Å². The summed E-state index contributed by atoms with van der Waals surface area (Å²) >= 11 is 0. The number of hydrogen-bond acceptors (Lipinski definition) is 5. The molecule has 6 heteroatoms. The van der Waals surface area contributed by atoms with Gasteiger partial charge in [-0.05, 0) is 37.2 Å². The number of piperidine rings is 1. The maximum Gasteiger partial charge on any atom is 0.410 e. The topological polar surface area (TPSA) is 67.9 Å². The molecule has 0 bridgehead atoms. The van der Waals surface area contributed by atoms with E-state index >= 15 is 0 Å². The lowest BCUT2D eigenvalue weighted by molar-refractivity contribution is -0.145. The van der Waals surface area contributed by atoms with Gasteiger partial charge in [0.25, 0.3) is 0 Å². The van der Waals surface area contributed by atoms with Crippen molar-refractivity contribution in [2.24, 2.45) is 5.41 Å². The number of benzene rings is 1. The zero-order chi connectivity index (χ0) is 17.7. The highest BCUT2D eigenvalue weighted by molar-refractivity contribution is 5.76. The predicted octanol–water partition coefficient (Wildman–Crippen LogP) is 2.33. The fourth-order valence-electron chi connectivity index (χ4n) is 3.68. The van der Waals surface area contributed by atoms with Gasteiger partial charge in [0.05, 0.1) is 6.61 Å². The highest BCUT2D eigenvalue weighted by atomic mass is 16.6. The first-order valence-electron chi connectivity index (χ1n) is 8.97. The molecule has 0 radical (unpaired) electrons. The number of nitrogens with zero attached hydrogens (tertiary/aromatic N) is 1. The van der Waals surface area contributed by atoms with E-state index in [2.05, 4.69) is 5.32 Å². The normalized spacial score (nSPS) is 22.0. The summed E-state index contributed by atoms with van der Waals surface area (Å²) in [6.45, 7) is 4.68. The fraction of sp³-hybridized carbons (Fsp3) is 0.579. The van der Waals surface area contributed by atoms with E-state index in [4.69, 9.17) is 9.47 Å². The van der Waals surface area contributed by atoms with Crippen molar-refractivity contribution in [1.29, 1.82) is 0 Å². The monoisotopic (exact) mass is 346 g/mol. The van der Waals surface area contributed by atoms with E-state index in [9.17, 15) is 9.59 Å². The van der Waals surface area contributed by atoms with Gasteiger partial charge in [0, 0.05) is 19.6 Å². The van der Waals surface area contributed by atoms with Crippen LogP contribution in [-0.4, -0.2) is 49.2 Å². The number of likely N-dealkylation sites (tertiary alicyclic amines) is 1. The van der Waals surface area contributed by atoms with Gasteiger partial charge in [0.1, 0.15) is 12.6 Å². The van der Waals surface area contributed by atoms with Crippen molar-refractivity contribution in [2.45, 2.75) is 38.8 Å². The molecule has 136 valence electrons. The molecule has 3 rings (SSSR count). The average molecular weight is 346 g/mol. The van der Waals surface area contributed by atoms with Crippen molar-refractivity contribution in [3.05, 3.63) is 35.9 Å². The minimum atomic E-state index is -0.258. The number of rotatable bonds is 4. The summed E-state index contributed by atoms with van der Waals surface area (Å²) in [4.78, 5) is 25.9. The Labute approximate surface area is 148 Å². The van der Waals surface area contributed by atoms with E-state index < -0.39 is 0 Å². The second-order valence-electron chi connectivity index (χ2n) is 6.92. The molecule has 0 aliphatic carbocycles. The van der Waals surface area contributed by atoms with Crippen molar-refractivity contribution < 1.29 is 19.1 Å². The Morgan fingerprint density at radius 1 is 1.20 bits per heavy atom. The molecule has 2 heterocycles. The number of esters is 1. The van der Waals surface area contributed by atoms with Gasteiger partial charge in [-0.25, -0.2) is 4.79 Å². The molecule has 0 aromatic heterocycles. The van der Waals surface area contributed by atoms with Gasteiger partial charge in [0.15, 0.2) is 0 Å². The minimum Gasteiger partial charge on any atom is -0.465 e. The lowest BCUT2D eigenvalue weighted by atomic mass is 9.76. The van der Waals surface area contributed by atoms with Crippen LogP contribution in [0.4, 0.5) is 4.79 Å². The van der Waals surface area contributed by atoms with E-state index in [1.807, 2.05) is 37.3 Å². The lowest BCUT2D eigenvalue weighted by Gasteiger charge is -2.38. The molecule has 2 saturated heterocycles. The molecule has 1 aromatic rings. The summed E-state index contributed by atoms with van der Waals surface area (Å²) < 4.78 is 10.5. The third kappa shape index (κ3) is 4.31. The van der Waals surface area contributed by atoms with Crippen LogP contribution < -0.4 is 5.32 Å². The first kappa shape index (κ1) is 17.7.